The van der Waals surface area contributed by atoms with Gasteiger partial charge >= 0.3 is 0 Å². The summed E-state index contributed by atoms with van der Waals surface area (Å²) in [4.78, 5) is 0. The van der Waals surface area contributed by atoms with Crippen LogP contribution < -0.4 is 0 Å². The molecule has 0 spiro atoms. The Balaban J connectivity index is 2.41. The summed E-state index contributed by atoms with van der Waals surface area (Å²) in [5, 5.41) is 10.8. The quantitative estimate of drug-likeness (QED) is 0.760. The first kappa shape index (κ1) is 14.1. The van der Waals surface area contributed by atoms with Gasteiger partial charge in [0, 0.05) is 5.41 Å². The van der Waals surface area contributed by atoms with Crippen LogP contribution in [0.25, 0.3) is 0 Å². The molecule has 0 aliphatic heterocycles. The van der Waals surface area contributed by atoms with E-state index in [0.29, 0.717) is 0 Å². The highest BCUT2D eigenvalue weighted by atomic mass is 16.5. The molecule has 0 heterocycles. The number of hydrogen-bond acceptors (Lipinski definition) is 2. The summed E-state index contributed by atoms with van der Waals surface area (Å²) >= 11 is 0. The molecule has 1 N–H and O–H groups in total. The zero-order valence-electron chi connectivity index (χ0n) is 12.7. The van der Waals surface area contributed by atoms with Crippen LogP contribution >= 0.6 is 0 Å². The van der Waals surface area contributed by atoms with Crippen molar-refractivity contribution in [2.45, 2.75) is 78.6 Å². The Morgan fingerprint density at radius 2 is 1.89 bits per heavy atom. The zero-order valence-corrected chi connectivity index (χ0v) is 12.7. The summed E-state index contributed by atoms with van der Waals surface area (Å²) in [6, 6.07) is 0. The molecule has 1 saturated carbocycles. The topological polar surface area (TPSA) is 29.5 Å². The van der Waals surface area contributed by atoms with Crippen molar-refractivity contribution in [3.05, 3.63) is 11.6 Å². The van der Waals surface area contributed by atoms with Crippen LogP contribution in [0.1, 0.15) is 60.8 Å². The fourth-order valence-electron chi connectivity index (χ4n) is 3.96. The lowest BCUT2D eigenvalue weighted by atomic mass is 9.56. The third-order valence-electron chi connectivity index (χ3n) is 5.22. The molecule has 2 aliphatic rings. The average molecular weight is 252 g/mol. The highest BCUT2D eigenvalue weighted by Crippen LogP contribution is 2.61. The third kappa shape index (κ3) is 1.85. The minimum Gasteiger partial charge on any atom is -0.389 e. The minimum atomic E-state index is -0.681. The number of rotatable bonds is 2. The zero-order chi connectivity index (χ0) is 13.8. The van der Waals surface area contributed by atoms with Crippen LogP contribution in [0, 0.1) is 10.8 Å². The first-order valence-corrected chi connectivity index (χ1v) is 7.20. The highest BCUT2D eigenvalue weighted by molar-refractivity contribution is 5.35. The lowest BCUT2D eigenvalue weighted by molar-refractivity contribution is -0.152. The summed E-state index contributed by atoms with van der Waals surface area (Å²) in [5.41, 5.74) is 0.668. The van der Waals surface area contributed by atoms with Crippen LogP contribution in [0.4, 0.5) is 0 Å². The second kappa shape index (κ2) is 4.08. The summed E-state index contributed by atoms with van der Waals surface area (Å²) < 4.78 is 6.14. The fourth-order valence-corrected chi connectivity index (χ4v) is 3.96. The summed E-state index contributed by atoms with van der Waals surface area (Å²) in [5.74, 6) is 0. The Bertz CT molecular complexity index is 365. The van der Waals surface area contributed by atoms with Crippen molar-refractivity contribution < 1.29 is 9.84 Å². The largest absolute Gasteiger partial charge is 0.389 e. The van der Waals surface area contributed by atoms with Gasteiger partial charge < -0.3 is 9.84 Å². The molecule has 3 unspecified atom stereocenters. The third-order valence-corrected chi connectivity index (χ3v) is 5.22. The van der Waals surface area contributed by atoms with E-state index in [-0.39, 0.29) is 23.0 Å². The number of hydrogen-bond donors (Lipinski definition) is 1. The smallest absolute Gasteiger partial charge is 0.0769 e. The van der Waals surface area contributed by atoms with Crippen LogP contribution in [0.3, 0.4) is 0 Å². The molecule has 3 atom stereocenters. The molecule has 2 nitrogen and oxygen atoms in total. The first-order valence-electron chi connectivity index (χ1n) is 7.20. The van der Waals surface area contributed by atoms with E-state index in [1.54, 1.807) is 0 Å². The van der Waals surface area contributed by atoms with E-state index < -0.39 is 5.60 Å². The minimum absolute atomic E-state index is 0.134. The van der Waals surface area contributed by atoms with Crippen molar-refractivity contribution in [2.24, 2.45) is 10.8 Å². The Labute approximate surface area is 111 Å². The van der Waals surface area contributed by atoms with Gasteiger partial charge in [0.15, 0.2) is 0 Å². The van der Waals surface area contributed by atoms with Crippen LogP contribution in [-0.2, 0) is 4.74 Å². The van der Waals surface area contributed by atoms with Gasteiger partial charge in [-0.1, -0.05) is 32.4 Å². The molecular formula is C16H28O2. The van der Waals surface area contributed by atoms with Gasteiger partial charge in [0.25, 0.3) is 0 Å². The number of ether oxygens (including phenoxy) is 1. The van der Waals surface area contributed by atoms with Crippen molar-refractivity contribution in [1.29, 1.82) is 0 Å². The normalized spacial score (nSPS) is 42.9. The SMILES string of the molecule is CC(C)OC1CCC(C)(C)C2=CCC(C)(O)C21C. The maximum atomic E-state index is 10.8. The molecule has 104 valence electrons. The predicted octanol–water partition coefficient (Wildman–Crippen LogP) is 3.69. The predicted molar refractivity (Wildman–Crippen MR) is 74.5 cm³/mol. The van der Waals surface area contributed by atoms with Crippen LogP contribution in [0.5, 0.6) is 0 Å². The van der Waals surface area contributed by atoms with Gasteiger partial charge in [0.1, 0.15) is 0 Å². The van der Waals surface area contributed by atoms with Crippen molar-refractivity contribution in [3.63, 3.8) is 0 Å². The van der Waals surface area contributed by atoms with Gasteiger partial charge in [-0.05, 0) is 45.4 Å². The van der Waals surface area contributed by atoms with Crippen LogP contribution in [-0.4, -0.2) is 22.9 Å². The molecule has 0 aromatic heterocycles. The van der Waals surface area contributed by atoms with Crippen molar-refractivity contribution in [1.82, 2.24) is 0 Å². The highest BCUT2D eigenvalue weighted by Gasteiger charge is 2.60. The molecule has 0 radical (unpaired) electrons. The lowest BCUT2D eigenvalue weighted by Gasteiger charge is -2.53. The molecule has 0 bridgehead atoms. The van der Waals surface area contributed by atoms with E-state index in [4.69, 9.17) is 4.74 Å². The van der Waals surface area contributed by atoms with E-state index >= 15 is 0 Å². The Kier molecular flexibility index (Phi) is 3.19. The van der Waals surface area contributed by atoms with Gasteiger partial charge in [-0.15, -0.1) is 0 Å². The van der Waals surface area contributed by atoms with Crippen LogP contribution in [0.2, 0.25) is 0 Å². The van der Waals surface area contributed by atoms with E-state index in [1.165, 1.54) is 5.57 Å². The molecule has 2 aliphatic carbocycles. The van der Waals surface area contributed by atoms with E-state index in [1.807, 2.05) is 6.92 Å². The second-order valence-electron chi connectivity index (χ2n) is 7.39. The molecule has 0 aromatic rings. The summed E-state index contributed by atoms with van der Waals surface area (Å²) in [7, 11) is 0. The Morgan fingerprint density at radius 1 is 1.28 bits per heavy atom. The van der Waals surface area contributed by atoms with Crippen LogP contribution in [0.15, 0.2) is 11.6 Å². The van der Waals surface area contributed by atoms with E-state index in [0.717, 1.165) is 19.3 Å². The number of fused-ring (bicyclic) bond motifs is 1. The maximum absolute atomic E-state index is 10.8. The standard InChI is InChI=1S/C16H28O2/c1-11(2)18-13-8-9-14(3,4)12-7-10-15(5,17)16(12,13)6/h7,11,13,17H,8-10H2,1-6H3. The lowest BCUT2D eigenvalue weighted by Crippen LogP contribution is -2.55. The molecule has 18 heavy (non-hydrogen) atoms. The van der Waals surface area contributed by atoms with Gasteiger partial charge in [-0.25, -0.2) is 0 Å². The van der Waals surface area contributed by atoms with Gasteiger partial charge in [-0.3, -0.25) is 0 Å². The molecule has 0 amide bonds. The first-order chi connectivity index (χ1) is 8.11. The molecular weight excluding hydrogens is 224 g/mol. The monoisotopic (exact) mass is 252 g/mol. The molecule has 2 heteroatoms. The van der Waals surface area contributed by atoms with Crippen molar-refractivity contribution >= 4 is 0 Å². The Hall–Kier alpha value is -0.340. The number of aliphatic hydroxyl groups is 1. The van der Waals surface area contributed by atoms with Crippen molar-refractivity contribution in [2.75, 3.05) is 0 Å². The molecule has 0 saturated heterocycles. The Morgan fingerprint density at radius 3 is 2.44 bits per heavy atom. The molecule has 2 rings (SSSR count). The van der Waals surface area contributed by atoms with Gasteiger partial charge in [0.2, 0.25) is 0 Å². The fraction of sp³-hybridized carbons (Fsp3) is 0.875. The summed E-state index contributed by atoms with van der Waals surface area (Å²) in [6.07, 6.45) is 5.53. The van der Waals surface area contributed by atoms with E-state index in [2.05, 4.69) is 40.7 Å². The van der Waals surface area contributed by atoms with E-state index in [9.17, 15) is 5.11 Å². The van der Waals surface area contributed by atoms with Crippen molar-refractivity contribution in [3.8, 4) is 0 Å². The summed E-state index contributed by atoms with van der Waals surface area (Å²) in [6.45, 7) is 12.9. The molecule has 1 fully saturated rings. The van der Waals surface area contributed by atoms with Gasteiger partial charge in [-0.2, -0.15) is 0 Å². The second-order valence-corrected chi connectivity index (χ2v) is 7.39. The molecule has 0 aromatic carbocycles. The van der Waals surface area contributed by atoms with Gasteiger partial charge in [0.05, 0.1) is 17.8 Å². The maximum Gasteiger partial charge on any atom is 0.0769 e. The average Bonchev–Trinajstić information content (AvgIpc) is 2.45.